The molecule has 2 rings (SSSR count). The first-order valence-electron chi connectivity index (χ1n) is 6.11. The molecular formula is C13H17FN4O. The van der Waals surface area contributed by atoms with Crippen molar-refractivity contribution in [3.8, 4) is 0 Å². The summed E-state index contributed by atoms with van der Waals surface area (Å²) in [5, 5.41) is 7.77. The lowest BCUT2D eigenvalue weighted by molar-refractivity contribution is 0.0560. The van der Waals surface area contributed by atoms with Crippen LogP contribution < -0.4 is 5.73 Å². The molecular weight excluding hydrogens is 247 g/mol. The lowest BCUT2D eigenvalue weighted by atomic mass is 10.2. The van der Waals surface area contributed by atoms with Gasteiger partial charge >= 0.3 is 0 Å². The van der Waals surface area contributed by atoms with Crippen LogP contribution in [0, 0.1) is 0 Å². The third kappa shape index (κ3) is 4.42. The number of aromatic nitrogens is 3. The molecule has 5 nitrogen and oxygen atoms in total. The summed E-state index contributed by atoms with van der Waals surface area (Å²) in [4.78, 5) is 1.37. The van der Waals surface area contributed by atoms with Gasteiger partial charge in [0.15, 0.2) is 0 Å². The zero-order valence-electron chi connectivity index (χ0n) is 10.5. The molecule has 0 bridgehead atoms. The maximum Gasteiger partial charge on any atom is 0.140 e. The van der Waals surface area contributed by atoms with Crippen LogP contribution >= 0.6 is 0 Å². The molecule has 0 radical (unpaired) electrons. The molecule has 0 saturated heterocycles. The van der Waals surface area contributed by atoms with Crippen LogP contribution in [-0.2, 0) is 17.9 Å². The Morgan fingerprint density at radius 1 is 1.21 bits per heavy atom. The Labute approximate surface area is 111 Å². The highest BCUT2D eigenvalue weighted by Crippen LogP contribution is 2.04. The first kappa shape index (κ1) is 13.6. The number of ether oxygens (including phenoxy) is 1. The highest BCUT2D eigenvalue weighted by molar-refractivity contribution is 5.13. The molecule has 6 heteroatoms. The van der Waals surface area contributed by atoms with Gasteiger partial charge < -0.3 is 10.5 Å². The van der Waals surface area contributed by atoms with Crippen molar-refractivity contribution in [3.63, 3.8) is 0 Å². The Bertz CT molecular complexity index is 463. The predicted molar refractivity (Wildman–Crippen MR) is 69.0 cm³/mol. The maximum atomic E-state index is 13.8. The Hall–Kier alpha value is -1.79. The number of hydrogen-bond acceptors (Lipinski definition) is 4. The van der Waals surface area contributed by atoms with E-state index in [9.17, 15) is 4.39 Å². The third-order valence-electron chi connectivity index (χ3n) is 2.69. The number of nitrogens with two attached hydrogens (primary N) is 1. The van der Waals surface area contributed by atoms with Crippen LogP contribution in [-0.4, -0.2) is 33.8 Å². The summed E-state index contributed by atoms with van der Waals surface area (Å²) in [5.74, 6) is 0. The van der Waals surface area contributed by atoms with Crippen molar-refractivity contribution in [2.75, 3.05) is 6.61 Å². The van der Waals surface area contributed by atoms with Crippen LogP contribution in [0.3, 0.4) is 0 Å². The van der Waals surface area contributed by atoms with Gasteiger partial charge in [0, 0.05) is 0 Å². The minimum Gasteiger partial charge on any atom is -0.374 e. The molecule has 19 heavy (non-hydrogen) atoms. The van der Waals surface area contributed by atoms with Crippen molar-refractivity contribution in [1.29, 1.82) is 0 Å². The molecule has 0 saturated carbocycles. The van der Waals surface area contributed by atoms with Crippen molar-refractivity contribution in [3.05, 3.63) is 48.3 Å². The molecule has 0 unspecified atom stereocenters. The Morgan fingerprint density at radius 2 is 1.89 bits per heavy atom. The van der Waals surface area contributed by atoms with Crippen LogP contribution in [0.25, 0.3) is 0 Å². The van der Waals surface area contributed by atoms with Gasteiger partial charge in [-0.15, -0.1) is 0 Å². The van der Waals surface area contributed by atoms with Crippen molar-refractivity contribution in [1.82, 2.24) is 15.0 Å². The summed E-state index contributed by atoms with van der Waals surface area (Å²) < 4.78 is 19.1. The van der Waals surface area contributed by atoms with Gasteiger partial charge in [0.2, 0.25) is 0 Å². The third-order valence-corrected chi connectivity index (χ3v) is 2.69. The molecule has 0 spiro atoms. The van der Waals surface area contributed by atoms with E-state index >= 15 is 0 Å². The Balaban J connectivity index is 1.70. The van der Waals surface area contributed by atoms with Crippen molar-refractivity contribution < 1.29 is 9.13 Å². The molecule has 1 heterocycles. The van der Waals surface area contributed by atoms with E-state index in [2.05, 4.69) is 10.2 Å². The van der Waals surface area contributed by atoms with Crippen LogP contribution in [0.15, 0.2) is 42.7 Å². The molecule has 0 aliphatic carbocycles. The van der Waals surface area contributed by atoms with Crippen LogP contribution in [0.4, 0.5) is 4.39 Å². The molecule has 2 aromatic rings. The van der Waals surface area contributed by atoms with Gasteiger partial charge in [0.25, 0.3) is 0 Å². The summed E-state index contributed by atoms with van der Waals surface area (Å²) in [5.41, 5.74) is 6.74. The summed E-state index contributed by atoms with van der Waals surface area (Å²) in [7, 11) is 0. The monoisotopic (exact) mass is 264 g/mol. The van der Waals surface area contributed by atoms with Gasteiger partial charge in [-0.3, -0.25) is 0 Å². The minimum absolute atomic E-state index is 0.0304. The number of halogens is 1. The fraction of sp³-hybridized carbons (Fsp3) is 0.385. The first-order valence-corrected chi connectivity index (χ1v) is 6.11. The highest BCUT2D eigenvalue weighted by atomic mass is 19.1. The summed E-state index contributed by atoms with van der Waals surface area (Å²) >= 11 is 0. The SMILES string of the molecule is N[C@H](Cn1nccn1)[C@H](F)COCc1ccccc1. The standard InChI is InChI=1S/C13H17FN4O/c14-12(13(15)8-18-16-6-7-17-18)10-19-9-11-4-2-1-3-5-11/h1-7,12-13H,8-10,15H2/t12-,13-/m1/s1. The maximum absolute atomic E-state index is 13.8. The van der Waals surface area contributed by atoms with E-state index in [1.165, 1.54) is 17.2 Å². The number of benzene rings is 1. The second kappa shape index (κ2) is 6.96. The van der Waals surface area contributed by atoms with E-state index in [1.807, 2.05) is 30.3 Å². The van der Waals surface area contributed by atoms with E-state index in [1.54, 1.807) is 0 Å². The van der Waals surface area contributed by atoms with Gasteiger partial charge in [-0.05, 0) is 5.56 Å². The van der Waals surface area contributed by atoms with Gasteiger partial charge in [-0.25, -0.2) is 4.39 Å². The lowest BCUT2D eigenvalue weighted by Gasteiger charge is -2.16. The fourth-order valence-electron chi connectivity index (χ4n) is 1.63. The highest BCUT2D eigenvalue weighted by Gasteiger charge is 2.18. The summed E-state index contributed by atoms with van der Waals surface area (Å²) in [6.07, 6.45) is 1.83. The van der Waals surface area contributed by atoms with Crippen LogP contribution in [0.1, 0.15) is 5.56 Å². The molecule has 0 fully saturated rings. The van der Waals surface area contributed by atoms with Crippen LogP contribution in [0.2, 0.25) is 0 Å². The van der Waals surface area contributed by atoms with E-state index in [0.717, 1.165) is 5.56 Å². The zero-order valence-corrected chi connectivity index (χ0v) is 10.5. The average molecular weight is 264 g/mol. The summed E-state index contributed by atoms with van der Waals surface area (Å²) in [6.45, 7) is 0.591. The molecule has 2 N–H and O–H groups in total. The normalized spacial score (nSPS) is 14.2. The first-order chi connectivity index (χ1) is 9.25. The van der Waals surface area contributed by atoms with Crippen molar-refractivity contribution in [2.45, 2.75) is 25.4 Å². The lowest BCUT2D eigenvalue weighted by Crippen LogP contribution is -2.39. The van der Waals surface area contributed by atoms with E-state index < -0.39 is 12.2 Å². The Kier molecular flexibility index (Phi) is 5.00. The van der Waals surface area contributed by atoms with E-state index in [4.69, 9.17) is 10.5 Å². The topological polar surface area (TPSA) is 66.0 Å². The number of hydrogen-bond donors (Lipinski definition) is 1. The molecule has 0 amide bonds. The smallest absolute Gasteiger partial charge is 0.140 e. The number of alkyl halides is 1. The van der Waals surface area contributed by atoms with Crippen molar-refractivity contribution in [2.24, 2.45) is 5.73 Å². The Morgan fingerprint density at radius 3 is 2.58 bits per heavy atom. The van der Waals surface area contributed by atoms with Crippen LogP contribution in [0.5, 0.6) is 0 Å². The molecule has 1 aromatic heterocycles. The summed E-state index contributed by atoms with van der Waals surface area (Å²) in [6, 6.07) is 8.94. The molecule has 0 aliphatic rings. The quantitative estimate of drug-likeness (QED) is 0.815. The molecule has 2 atom stereocenters. The van der Waals surface area contributed by atoms with Gasteiger partial charge in [-0.2, -0.15) is 15.0 Å². The van der Waals surface area contributed by atoms with E-state index in [-0.39, 0.29) is 13.2 Å². The largest absolute Gasteiger partial charge is 0.374 e. The molecule has 0 aliphatic heterocycles. The van der Waals surface area contributed by atoms with Gasteiger partial charge in [0.05, 0.1) is 38.2 Å². The fourth-order valence-corrected chi connectivity index (χ4v) is 1.63. The number of nitrogens with zero attached hydrogens (tertiary/aromatic N) is 3. The van der Waals surface area contributed by atoms with Gasteiger partial charge in [-0.1, -0.05) is 30.3 Å². The molecule has 1 aromatic carbocycles. The van der Waals surface area contributed by atoms with E-state index in [0.29, 0.717) is 6.61 Å². The van der Waals surface area contributed by atoms with Crippen molar-refractivity contribution >= 4 is 0 Å². The zero-order chi connectivity index (χ0) is 13.5. The average Bonchev–Trinajstić information content (AvgIpc) is 2.92. The second-order valence-corrected chi connectivity index (χ2v) is 4.26. The number of rotatable bonds is 7. The molecule has 102 valence electrons. The second-order valence-electron chi connectivity index (χ2n) is 4.26. The van der Waals surface area contributed by atoms with Gasteiger partial charge in [0.1, 0.15) is 6.17 Å². The minimum atomic E-state index is -1.24. The predicted octanol–water partition coefficient (Wildman–Crippen LogP) is 1.16.